The van der Waals surface area contributed by atoms with Gasteiger partial charge in [0.2, 0.25) is 0 Å². The van der Waals surface area contributed by atoms with Crippen LogP contribution in [0.4, 0.5) is 0 Å². The zero-order valence-electron chi connectivity index (χ0n) is 13.2. The maximum absolute atomic E-state index is 5.80. The van der Waals surface area contributed by atoms with E-state index in [1.807, 2.05) is 56.3 Å². The maximum Gasteiger partial charge on any atom is 0.0266 e. The molecule has 3 rings (SSSR count). The molecule has 0 amide bonds. The Kier molecular flexibility index (Phi) is 5.70. The monoisotopic (exact) mass is 292 g/mol. The van der Waals surface area contributed by atoms with Crippen LogP contribution < -0.4 is 11.5 Å². The van der Waals surface area contributed by atoms with E-state index in [-0.39, 0.29) is 12.1 Å². The number of benzene rings is 3. The average Bonchev–Trinajstić information content (AvgIpc) is 2.55. The van der Waals surface area contributed by atoms with E-state index in [1.165, 1.54) is 21.9 Å². The molecule has 0 saturated heterocycles. The van der Waals surface area contributed by atoms with E-state index < -0.39 is 0 Å². The Morgan fingerprint density at radius 2 is 1.14 bits per heavy atom. The van der Waals surface area contributed by atoms with Crippen molar-refractivity contribution in [1.29, 1.82) is 0 Å². The van der Waals surface area contributed by atoms with Crippen LogP contribution in [0, 0.1) is 0 Å². The Balaban J connectivity index is 0.000000172. The molecule has 0 radical (unpaired) electrons. The van der Waals surface area contributed by atoms with Crippen LogP contribution in [-0.2, 0) is 0 Å². The fraction of sp³-hybridized carbons (Fsp3) is 0.200. The van der Waals surface area contributed by atoms with Gasteiger partial charge in [-0.2, -0.15) is 0 Å². The van der Waals surface area contributed by atoms with Gasteiger partial charge in [-0.3, -0.25) is 0 Å². The molecule has 0 aromatic heterocycles. The predicted octanol–water partition coefficient (Wildman–Crippen LogP) is 4.57. The third-order valence-corrected chi connectivity index (χ3v) is 3.62. The van der Waals surface area contributed by atoms with Gasteiger partial charge in [0.1, 0.15) is 0 Å². The van der Waals surface area contributed by atoms with Crippen molar-refractivity contribution in [3.63, 3.8) is 0 Å². The highest BCUT2D eigenvalue weighted by atomic mass is 14.6. The Morgan fingerprint density at radius 1 is 0.591 bits per heavy atom. The van der Waals surface area contributed by atoms with Crippen LogP contribution >= 0.6 is 0 Å². The van der Waals surface area contributed by atoms with Crippen molar-refractivity contribution in [1.82, 2.24) is 0 Å². The summed E-state index contributed by atoms with van der Waals surface area (Å²) in [5.74, 6) is 0. The number of hydrogen-bond donors (Lipinski definition) is 2. The van der Waals surface area contributed by atoms with E-state index in [4.69, 9.17) is 11.5 Å². The molecule has 0 aliphatic carbocycles. The number of rotatable bonds is 2. The van der Waals surface area contributed by atoms with E-state index >= 15 is 0 Å². The molecule has 0 heterocycles. The molecule has 4 N–H and O–H groups in total. The zero-order chi connectivity index (χ0) is 15.9. The molecule has 3 aromatic rings. The van der Waals surface area contributed by atoms with E-state index in [2.05, 4.69) is 30.3 Å². The number of nitrogens with two attached hydrogens (primary N) is 2. The quantitative estimate of drug-likeness (QED) is 0.727. The summed E-state index contributed by atoms with van der Waals surface area (Å²) in [6, 6.07) is 25.0. The highest BCUT2D eigenvalue weighted by Gasteiger charge is 1.99. The van der Waals surface area contributed by atoms with Crippen molar-refractivity contribution >= 4 is 10.8 Å². The summed E-state index contributed by atoms with van der Waals surface area (Å²) in [5.41, 5.74) is 13.8. The van der Waals surface area contributed by atoms with Gasteiger partial charge in [0.25, 0.3) is 0 Å². The van der Waals surface area contributed by atoms with Crippen molar-refractivity contribution in [2.24, 2.45) is 11.5 Å². The fourth-order valence-electron chi connectivity index (χ4n) is 2.25. The molecule has 0 spiro atoms. The molecule has 0 fully saturated rings. The lowest BCUT2D eigenvalue weighted by Crippen LogP contribution is -2.04. The second kappa shape index (κ2) is 7.74. The predicted molar refractivity (Wildman–Crippen MR) is 95.6 cm³/mol. The summed E-state index contributed by atoms with van der Waals surface area (Å²) >= 11 is 0. The van der Waals surface area contributed by atoms with Crippen LogP contribution in [-0.4, -0.2) is 0 Å². The van der Waals surface area contributed by atoms with Gasteiger partial charge < -0.3 is 11.5 Å². The largest absolute Gasteiger partial charge is 0.324 e. The van der Waals surface area contributed by atoms with Crippen LogP contribution in [0.25, 0.3) is 10.8 Å². The Morgan fingerprint density at radius 3 is 1.68 bits per heavy atom. The van der Waals surface area contributed by atoms with E-state index in [0.717, 1.165) is 0 Å². The normalized spacial score (nSPS) is 13.1. The lowest BCUT2D eigenvalue weighted by molar-refractivity contribution is 0.818. The molecule has 2 unspecified atom stereocenters. The van der Waals surface area contributed by atoms with E-state index in [0.29, 0.717) is 0 Å². The SMILES string of the molecule is CC(N)c1ccc2ccccc2c1.CC(N)c1ccccc1. The molecular weight excluding hydrogens is 268 g/mol. The second-order valence-corrected chi connectivity index (χ2v) is 5.59. The number of hydrogen-bond acceptors (Lipinski definition) is 2. The van der Waals surface area contributed by atoms with Gasteiger partial charge in [-0.15, -0.1) is 0 Å². The fourth-order valence-corrected chi connectivity index (χ4v) is 2.25. The smallest absolute Gasteiger partial charge is 0.0266 e. The highest BCUT2D eigenvalue weighted by Crippen LogP contribution is 2.18. The molecular formula is C20H24N2. The Hall–Kier alpha value is -2.16. The maximum atomic E-state index is 5.80. The van der Waals surface area contributed by atoms with Gasteiger partial charge in [-0.05, 0) is 41.8 Å². The Bertz CT molecular complexity index is 703. The Labute approximate surface area is 132 Å². The van der Waals surface area contributed by atoms with Gasteiger partial charge in [-0.1, -0.05) is 66.7 Å². The first-order valence-corrected chi connectivity index (χ1v) is 7.62. The van der Waals surface area contributed by atoms with Gasteiger partial charge in [-0.25, -0.2) is 0 Å². The summed E-state index contributed by atoms with van der Waals surface area (Å²) in [6.45, 7) is 3.99. The molecule has 3 aromatic carbocycles. The molecule has 0 bridgehead atoms. The van der Waals surface area contributed by atoms with Crippen LogP contribution in [0.3, 0.4) is 0 Å². The van der Waals surface area contributed by atoms with E-state index in [1.54, 1.807) is 0 Å². The summed E-state index contributed by atoms with van der Waals surface area (Å²) in [7, 11) is 0. The molecule has 2 atom stereocenters. The minimum Gasteiger partial charge on any atom is -0.324 e. The molecule has 2 heteroatoms. The van der Waals surface area contributed by atoms with Gasteiger partial charge in [0, 0.05) is 12.1 Å². The first kappa shape index (κ1) is 16.2. The average molecular weight is 292 g/mol. The lowest BCUT2D eigenvalue weighted by Gasteiger charge is -2.06. The van der Waals surface area contributed by atoms with Gasteiger partial charge in [0.15, 0.2) is 0 Å². The summed E-state index contributed by atoms with van der Waals surface area (Å²) in [4.78, 5) is 0. The topological polar surface area (TPSA) is 52.0 Å². The standard InChI is InChI=1S/C12H13N.C8H11N/c1-9(13)11-7-6-10-4-2-3-5-12(10)8-11;1-7(9)8-5-3-2-4-6-8/h2-9H,13H2,1H3;2-7H,9H2,1H3. The minimum atomic E-state index is 0.115. The molecule has 2 nitrogen and oxygen atoms in total. The first-order chi connectivity index (χ1) is 10.6. The summed E-state index contributed by atoms with van der Waals surface area (Å²) in [5, 5.41) is 2.53. The molecule has 0 aliphatic heterocycles. The van der Waals surface area contributed by atoms with Crippen LogP contribution in [0.5, 0.6) is 0 Å². The van der Waals surface area contributed by atoms with Crippen molar-refractivity contribution < 1.29 is 0 Å². The van der Waals surface area contributed by atoms with Crippen molar-refractivity contribution in [3.8, 4) is 0 Å². The zero-order valence-corrected chi connectivity index (χ0v) is 13.2. The van der Waals surface area contributed by atoms with Gasteiger partial charge in [0.05, 0.1) is 0 Å². The highest BCUT2D eigenvalue weighted by molar-refractivity contribution is 5.83. The second-order valence-electron chi connectivity index (χ2n) is 5.59. The van der Waals surface area contributed by atoms with Crippen LogP contribution in [0.2, 0.25) is 0 Å². The lowest BCUT2D eigenvalue weighted by atomic mass is 10.0. The van der Waals surface area contributed by atoms with Crippen LogP contribution in [0.1, 0.15) is 37.1 Å². The first-order valence-electron chi connectivity index (χ1n) is 7.62. The van der Waals surface area contributed by atoms with Crippen molar-refractivity contribution in [2.75, 3.05) is 0 Å². The summed E-state index contributed by atoms with van der Waals surface area (Å²) < 4.78 is 0. The molecule has 0 aliphatic rings. The number of fused-ring (bicyclic) bond motifs is 1. The summed E-state index contributed by atoms with van der Waals surface area (Å²) in [6.07, 6.45) is 0. The molecule has 114 valence electrons. The van der Waals surface area contributed by atoms with Crippen LogP contribution in [0.15, 0.2) is 72.8 Å². The third-order valence-electron chi connectivity index (χ3n) is 3.62. The van der Waals surface area contributed by atoms with Crippen molar-refractivity contribution in [3.05, 3.63) is 83.9 Å². The minimum absolute atomic E-state index is 0.115. The van der Waals surface area contributed by atoms with Gasteiger partial charge >= 0.3 is 0 Å². The van der Waals surface area contributed by atoms with Crippen molar-refractivity contribution in [2.45, 2.75) is 25.9 Å². The third kappa shape index (κ3) is 4.42. The molecule has 0 saturated carbocycles. The molecule has 22 heavy (non-hydrogen) atoms. The van der Waals surface area contributed by atoms with E-state index in [9.17, 15) is 0 Å².